The van der Waals surface area contributed by atoms with Crippen molar-refractivity contribution in [1.29, 1.82) is 0 Å². The fraction of sp³-hybridized carbons (Fsp3) is 0.769. The second-order valence-electron chi connectivity index (χ2n) is 4.64. The van der Waals surface area contributed by atoms with E-state index in [1.54, 1.807) is 6.20 Å². The lowest BCUT2D eigenvalue weighted by Gasteiger charge is -2.12. The summed E-state index contributed by atoms with van der Waals surface area (Å²) < 4.78 is 15.9. The van der Waals surface area contributed by atoms with Crippen LogP contribution >= 0.6 is 0 Å². The van der Waals surface area contributed by atoms with Gasteiger partial charge in [0.25, 0.3) is 0 Å². The minimum absolute atomic E-state index is 0.208. The van der Waals surface area contributed by atoms with Crippen molar-refractivity contribution in [1.82, 2.24) is 10.3 Å². The normalized spacial score (nSPS) is 13.1. The van der Waals surface area contributed by atoms with E-state index in [-0.39, 0.29) is 6.10 Å². The Balaban J connectivity index is 1.97. The highest BCUT2D eigenvalue weighted by Crippen LogP contribution is 2.00. The van der Waals surface area contributed by atoms with Gasteiger partial charge in [-0.25, -0.2) is 4.98 Å². The Kier molecular flexibility index (Phi) is 7.66. The summed E-state index contributed by atoms with van der Waals surface area (Å²) in [5.41, 5.74) is 0. The molecule has 0 amide bonds. The molecule has 0 aliphatic rings. The first kappa shape index (κ1) is 16.1. The van der Waals surface area contributed by atoms with Gasteiger partial charge in [-0.2, -0.15) is 0 Å². The van der Waals surface area contributed by atoms with E-state index in [2.05, 4.69) is 10.3 Å². The number of hydrogen-bond donors (Lipinski definition) is 2. The Labute approximate surface area is 114 Å². The summed E-state index contributed by atoms with van der Waals surface area (Å²) in [6.07, 6.45) is 1.33. The molecule has 0 fully saturated rings. The maximum absolute atomic E-state index is 9.66. The average Bonchev–Trinajstić information content (AvgIpc) is 2.74. The van der Waals surface area contributed by atoms with E-state index in [0.29, 0.717) is 38.8 Å². The molecule has 1 unspecified atom stereocenters. The molecule has 0 bridgehead atoms. The van der Waals surface area contributed by atoms with Crippen LogP contribution in [0.5, 0.6) is 0 Å². The Morgan fingerprint density at radius 3 is 2.84 bits per heavy atom. The van der Waals surface area contributed by atoms with Gasteiger partial charge in [0.05, 0.1) is 44.8 Å². The number of oxazole rings is 1. The topological polar surface area (TPSA) is 76.8 Å². The Bertz CT molecular complexity index is 341. The van der Waals surface area contributed by atoms with Crippen molar-refractivity contribution in [3.8, 4) is 0 Å². The monoisotopic (exact) mass is 272 g/mol. The first-order valence-electron chi connectivity index (χ1n) is 6.57. The van der Waals surface area contributed by atoms with E-state index in [1.165, 1.54) is 0 Å². The quantitative estimate of drug-likeness (QED) is 0.616. The highest BCUT2D eigenvalue weighted by atomic mass is 16.5. The van der Waals surface area contributed by atoms with E-state index in [1.807, 2.05) is 20.8 Å². The molecule has 0 spiro atoms. The lowest BCUT2D eigenvalue weighted by molar-refractivity contribution is -0.0101. The van der Waals surface area contributed by atoms with E-state index >= 15 is 0 Å². The van der Waals surface area contributed by atoms with Crippen LogP contribution in [0.25, 0.3) is 0 Å². The van der Waals surface area contributed by atoms with Crippen LogP contribution in [-0.2, 0) is 16.0 Å². The van der Waals surface area contributed by atoms with Gasteiger partial charge >= 0.3 is 0 Å². The summed E-state index contributed by atoms with van der Waals surface area (Å²) >= 11 is 0. The zero-order chi connectivity index (χ0) is 14.1. The molecule has 1 rings (SSSR count). The molecule has 1 atom stereocenters. The van der Waals surface area contributed by atoms with Crippen LogP contribution < -0.4 is 5.32 Å². The molecule has 0 aromatic carbocycles. The molecule has 110 valence electrons. The van der Waals surface area contributed by atoms with Crippen molar-refractivity contribution in [2.75, 3.05) is 26.4 Å². The zero-order valence-electron chi connectivity index (χ0n) is 11.9. The van der Waals surface area contributed by atoms with Crippen LogP contribution in [0.15, 0.2) is 10.6 Å². The van der Waals surface area contributed by atoms with Gasteiger partial charge in [-0.1, -0.05) is 0 Å². The van der Waals surface area contributed by atoms with Crippen molar-refractivity contribution in [2.24, 2.45) is 0 Å². The molecule has 1 aromatic heterocycles. The number of nitrogens with one attached hydrogen (secondary N) is 1. The molecule has 6 heteroatoms. The molecule has 2 N–H and O–H groups in total. The van der Waals surface area contributed by atoms with Crippen LogP contribution in [0.4, 0.5) is 0 Å². The average molecular weight is 272 g/mol. The van der Waals surface area contributed by atoms with Crippen molar-refractivity contribution in [3.05, 3.63) is 17.8 Å². The molecule has 0 aliphatic heterocycles. The number of hydrogen-bond acceptors (Lipinski definition) is 6. The minimum atomic E-state index is -0.546. The molecule has 1 aromatic rings. The highest BCUT2D eigenvalue weighted by Gasteiger charge is 2.05. The third-order valence-electron chi connectivity index (χ3n) is 2.31. The Hall–Kier alpha value is -0.950. The maximum Gasteiger partial charge on any atom is 0.208 e. The Morgan fingerprint density at radius 1 is 1.42 bits per heavy atom. The third kappa shape index (κ3) is 7.94. The summed E-state index contributed by atoms with van der Waals surface area (Å²) in [6.45, 7) is 8.07. The van der Waals surface area contributed by atoms with Crippen molar-refractivity contribution >= 4 is 0 Å². The molecule has 6 nitrogen and oxygen atoms in total. The highest BCUT2D eigenvalue weighted by molar-refractivity contribution is 4.90. The summed E-state index contributed by atoms with van der Waals surface area (Å²) in [6, 6.07) is 0. The number of rotatable bonds is 10. The first-order chi connectivity index (χ1) is 9.08. The van der Waals surface area contributed by atoms with Crippen molar-refractivity contribution < 1.29 is 19.0 Å². The van der Waals surface area contributed by atoms with Crippen LogP contribution in [-0.4, -0.2) is 48.7 Å². The smallest absolute Gasteiger partial charge is 0.208 e. The molecular weight excluding hydrogens is 248 g/mol. The molecule has 1 heterocycles. The summed E-state index contributed by atoms with van der Waals surface area (Å²) in [5.74, 6) is 1.40. The molecule has 19 heavy (non-hydrogen) atoms. The van der Waals surface area contributed by atoms with E-state index in [9.17, 15) is 5.11 Å². The lowest BCUT2D eigenvalue weighted by atomic mass is 10.4. The number of aliphatic hydroxyl groups is 1. The minimum Gasteiger partial charge on any atom is -0.445 e. The van der Waals surface area contributed by atoms with Gasteiger partial charge in [0.15, 0.2) is 0 Å². The maximum atomic E-state index is 9.66. The van der Waals surface area contributed by atoms with Gasteiger partial charge < -0.3 is 24.3 Å². The standard InChI is InChI=1S/C13H24N2O4/c1-10(2)18-5-4-17-9-12(16)7-14-8-13-15-6-11(3)19-13/h6,10,12,14,16H,4-5,7-9H2,1-3H3. The number of aryl methyl sites for hydroxylation is 1. The fourth-order valence-corrected chi connectivity index (χ4v) is 1.45. The number of aromatic nitrogens is 1. The Morgan fingerprint density at radius 2 is 2.21 bits per heavy atom. The van der Waals surface area contributed by atoms with Gasteiger partial charge in [0.1, 0.15) is 5.76 Å². The van der Waals surface area contributed by atoms with Gasteiger partial charge in [0.2, 0.25) is 5.89 Å². The van der Waals surface area contributed by atoms with Gasteiger partial charge in [0, 0.05) is 6.54 Å². The van der Waals surface area contributed by atoms with Crippen LogP contribution in [0.3, 0.4) is 0 Å². The first-order valence-corrected chi connectivity index (χ1v) is 6.57. The lowest BCUT2D eigenvalue weighted by Crippen LogP contribution is -2.30. The molecule has 0 saturated heterocycles. The zero-order valence-corrected chi connectivity index (χ0v) is 11.9. The summed E-state index contributed by atoms with van der Waals surface area (Å²) in [7, 11) is 0. The van der Waals surface area contributed by atoms with Crippen LogP contribution in [0.2, 0.25) is 0 Å². The third-order valence-corrected chi connectivity index (χ3v) is 2.31. The number of aliphatic hydroxyl groups excluding tert-OH is 1. The second kappa shape index (κ2) is 9.03. The van der Waals surface area contributed by atoms with E-state index in [4.69, 9.17) is 13.9 Å². The summed E-state index contributed by atoms with van der Waals surface area (Å²) in [5, 5.41) is 12.7. The van der Waals surface area contributed by atoms with Crippen LogP contribution in [0, 0.1) is 6.92 Å². The van der Waals surface area contributed by atoms with Gasteiger partial charge in [-0.05, 0) is 20.8 Å². The van der Waals surface area contributed by atoms with Crippen molar-refractivity contribution in [3.63, 3.8) is 0 Å². The van der Waals surface area contributed by atoms with Gasteiger partial charge in [-0.15, -0.1) is 0 Å². The predicted molar refractivity (Wildman–Crippen MR) is 70.9 cm³/mol. The number of ether oxygens (including phenoxy) is 2. The predicted octanol–water partition coefficient (Wildman–Crippen LogP) is 0.875. The largest absolute Gasteiger partial charge is 0.445 e. The second-order valence-corrected chi connectivity index (χ2v) is 4.64. The summed E-state index contributed by atoms with van der Waals surface area (Å²) in [4.78, 5) is 4.06. The fourth-order valence-electron chi connectivity index (χ4n) is 1.45. The van der Waals surface area contributed by atoms with E-state index in [0.717, 1.165) is 5.76 Å². The molecule has 0 radical (unpaired) electrons. The van der Waals surface area contributed by atoms with Crippen molar-refractivity contribution in [2.45, 2.75) is 39.5 Å². The molecule has 0 saturated carbocycles. The molecular formula is C13H24N2O4. The van der Waals surface area contributed by atoms with E-state index < -0.39 is 6.10 Å². The number of nitrogens with zero attached hydrogens (tertiary/aromatic N) is 1. The molecule has 0 aliphatic carbocycles. The van der Waals surface area contributed by atoms with Gasteiger partial charge in [-0.3, -0.25) is 0 Å². The SMILES string of the molecule is Cc1cnc(CNCC(O)COCCOC(C)C)o1. The van der Waals surface area contributed by atoms with Crippen LogP contribution in [0.1, 0.15) is 25.5 Å².